The molecule has 2 aromatic heterocycles. The first kappa shape index (κ1) is 21.0. The van der Waals surface area contributed by atoms with E-state index in [9.17, 15) is 18.0 Å². The number of alkyl halides is 3. The third-order valence-corrected chi connectivity index (χ3v) is 5.15. The molecule has 1 aromatic carbocycles. The van der Waals surface area contributed by atoms with Crippen LogP contribution in [0.4, 0.5) is 19.1 Å². The van der Waals surface area contributed by atoms with Gasteiger partial charge in [-0.3, -0.25) is 14.8 Å². The number of benzene rings is 1. The highest BCUT2D eigenvalue weighted by Gasteiger charge is 2.37. The largest absolute Gasteiger partial charge is 0.436 e. The summed E-state index contributed by atoms with van der Waals surface area (Å²) in [4.78, 5) is 16.1. The van der Waals surface area contributed by atoms with Crippen LogP contribution < -0.4 is 5.32 Å². The van der Waals surface area contributed by atoms with Crippen molar-refractivity contribution in [3.63, 3.8) is 0 Å². The zero-order valence-electron chi connectivity index (χ0n) is 15.7. The van der Waals surface area contributed by atoms with Gasteiger partial charge in [-0.05, 0) is 35.3 Å². The molecule has 0 radical (unpaired) electrons. The Balaban J connectivity index is 1.56. The maximum Gasteiger partial charge on any atom is 0.436 e. The standard InChI is InChI=1S/C18H18BrF3N6O/c1-11-3-5-13(6-4-11)9-27-10-23-17(26-27)24-14(29)7-8-28-12(2)15(19)16(25-28)18(20,21)22/h3-6,10H,7-9H2,1-2H3,(H,24,26,29). The molecule has 1 N–H and O–H groups in total. The van der Waals surface area contributed by atoms with Crippen LogP contribution in [0.25, 0.3) is 0 Å². The predicted octanol–water partition coefficient (Wildman–Crippen LogP) is 3.95. The van der Waals surface area contributed by atoms with Crippen LogP contribution in [0.1, 0.15) is 28.9 Å². The zero-order chi connectivity index (χ0) is 21.2. The summed E-state index contributed by atoms with van der Waals surface area (Å²) in [6.45, 7) is 4.00. The van der Waals surface area contributed by atoms with Gasteiger partial charge in [-0.25, -0.2) is 9.67 Å². The van der Waals surface area contributed by atoms with E-state index in [1.54, 1.807) is 4.68 Å². The van der Waals surface area contributed by atoms with Gasteiger partial charge in [0, 0.05) is 6.42 Å². The van der Waals surface area contributed by atoms with Crippen molar-refractivity contribution in [3.05, 3.63) is 57.6 Å². The highest BCUT2D eigenvalue weighted by molar-refractivity contribution is 9.10. The molecule has 1 amide bonds. The molecule has 3 rings (SSSR count). The lowest BCUT2D eigenvalue weighted by molar-refractivity contribution is -0.142. The molecule has 11 heteroatoms. The van der Waals surface area contributed by atoms with Gasteiger partial charge in [0.15, 0.2) is 5.69 Å². The van der Waals surface area contributed by atoms with E-state index in [1.807, 2.05) is 31.2 Å². The normalized spacial score (nSPS) is 11.7. The van der Waals surface area contributed by atoms with Gasteiger partial charge in [0.1, 0.15) is 6.33 Å². The molecule has 0 saturated heterocycles. The highest BCUT2D eigenvalue weighted by Crippen LogP contribution is 2.35. The molecule has 0 saturated carbocycles. The maximum atomic E-state index is 12.9. The van der Waals surface area contributed by atoms with E-state index < -0.39 is 17.8 Å². The molecular formula is C18H18BrF3N6O. The molecule has 2 heterocycles. The van der Waals surface area contributed by atoms with E-state index in [0.29, 0.717) is 12.2 Å². The summed E-state index contributed by atoms with van der Waals surface area (Å²) >= 11 is 2.90. The lowest BCUT2D eigenvalue weighted by atomic mass is 10.1. The molecule has 29 heavy (non-hydrogen) atoms. The minimum Gasteiger partial charge on any atom is -0.293 e. The number of amides is 1. The Kier molecular flexibility index (Phi) is 6.06. The van der Waals surface area contributed by atoms with Crippen LogP contribution in [0, 0.1) is 13.8 Å². The van der Waals surface area contributed by atoms with Crippen LogP contribution in [-0.2, 0) is 24.1 Å². The molecule has 3 aromatic rings. The number of halogens is 4. The van der Waals surface area contributed by atoms with E-state index in [4.69, 9.17) is 0 Å². The van der Waals surface area contributed by atoms with Crippen LogP contribution in [0.2, 0.25) is 0 Å². The summed E-state index contributed by atoms with van der Waals surface area (Å²) in [7, 11) is 0. The Morgan fingerprint density at radius 3 is 2.48 bits per heavy atom. The number of carbonyl (C=O) groups is 1. The third kappa shape index (κ3) is 5.22. The monoisotopic (exact) mass is 470 g/mol. The van der Waals surface area contributed by atoms with Crippen molar-refractivity contribution < 1.29 is 18.0 Å². The van der Waals surface area contributed by atoms with Gasteiger partial charge < -0.3 is 0 Å². The second-order valence-electron chi connectivity index (χ2n) is 6.52. The molecular weight excluding hydrogens is 453 g/mol. The summed E-state index contributed by atoms with van der Waals surface area (Å²) in [6.07, 6.45) is -3.14. The molecule has 0 aliphatic heterocycles. The number of nitrogens with zero attached hydrogens (tertiary/aromatic N) is 5. The maximum absolute atomic E-state index is 12.9. The van der Waals surface area contributed by atoms with Gasteiger partial charge in [0.25, 0.3) is 0 Å². The van der Waals surface area contributed by atoms with Crippen LogP contribution in [0.5, 0.6) is 0 Å². The second-order valence-corrected chi connectivity index (χ2v) is 7.31. The van der Waals surface area contributed by atoms with Crippen LogP contribution in [0.3, 0.4) is 0 Å². The fourth-order valence-electron chi connectivity index (χ4n) is 2.63. The Morgan fingerprint density at radius 2 is 1.86 bits per heavy atom. The molecule has 0 fully saturated rings. The summed E-state index contributed by atoms with van der Waals surface area (Å²) in [5, 5.41) is 10.3. The number of carbonyl (C=O) groups excluding carboxylic acids is 1. The number of aromatic nitrogens is 5. The minimum absolute atomic E-state index is 0.00355. The molecule has 0 aliphatic rings. The second kappa shape index (κ2) is 8.36. The fourth-order valence-corrected chi connectivity index (χ4v) is 3.14. The first-order valence-electron chi connectivity index (χ1n) is 8.68. The Labute approximate surface area is 173 Å². The first-order valence-corrected chi connectivity index (χ1v) is 9.47. The lowest BCUT2D eigenvalue weighted by Crippen LogP contribution is -2.17. The van der Waals surface area contributed by atoms with Gasteiger partial charge >= 0.3 is 6.18 Å². The lowest BCUT2D eigenvalue weighted by Gasteiger charge is -2.05. The van der Waals surface area contributed by atoms with Crippen molar-refractivity contribution in [1.29, 1.82) is 0 Å². The number of rotatable bonds is 6. The van der Waals surface area contributed by atoms with Crippen molar-refractivity contribution in [3.8, 4) is 0 Å². The number of anilines is 1. The molecule has 0 bridgehead atoms. The van der Waals surface area contributed by atoms with Crippen LogP contribution >= 0.6 is 15.9 Å². The average Bonchev–Trinajstić information content (AvgIpc) is 3.20. The van der Waals surface area contributed by atoms with Gasteiger partial charge in [0.2, 0.25) is 11.9 Å². The molecule has 0 unspecified atom stereocenters. The van der Waals surface area contributed by atoms with Crippen molar-refractivity contribution in [2.45, 2.75) is 39.5 Å². The Morgan fingerprint density at radius 1 is 1.17 bits per heavy atom. The number of aryl methyl sites for hydroxylation is 2. The quantitative estimate of drug-likeness (QED) is 0.591. The van der Waals surface area contributed by atoms with Gasteiger partial charge in [-0.15, -0.1) is 5.10 Å². The smallest absolute Gasteiger partial charge is 0.293 e. The molecule has 0 spiro atoms. The summed E-state index contributed by atoms with van der Waals surface area (Å²) in [6, 6.07) is 7.95. The van der Waals surface area contributed by atoms with Crippen molar-refractivity contribution in [2.75, 3.05) is 5.32 Å². The highest BCUT2D eigenvalue weighted by atomic mass is 79.9. The molecule has 7 nitrogen and oxygen atoms in total. The van der Waals surface area contributed by atoms with Gasteiger partial charge in [0.05, 0.1) is 23.3 Å². The van der Waals surface area contributed by atoms with Gasteiger partial charge in [-0.2, -0.15) is 18.3 Å². The van der Waals surface area contributed by atoms with Gasteiger partial charge in [-0.1, -0.05) is 29.8 Å². The van der Waals surface area contributed by atoms with Crippen molar-refractivity contribution >= 4 is 27.8 Å². The van der Waals surface area contributed by atoms with E-state index in [-0.39, 0.29) is 23.4 Å². The molecule has 154 valence electrons. The third-order valence-electron chi connectivity index (χ3n) is 4.21. The Bertz CT molecular complexity index is 1010. The number of hydrogen-bond donors (Lipinski definition) is 1. The molecule has 0 aliphatic carbocycles. The number of nitrogens with one attached hydrogen (secondary N) is 1. The number of hydrogen-bond acceptors (Lipinski definition) is 4. The molecule has 0 atom stereocenters. The average molecular weight is 471 g/mol. The van der Waals surface area contributed by atoms with Crippen molar-refractivity contribution in [1.82, 2.24) is 24.5 Å². The van der Waals surface area contributed by atoms with Crippen molar-refractivity contribution in [2.24, 2.45) is 0 Å². The fraction of sp³-hybridized carbons (Fsp3) is 0.333. The SMILES string of the molecule is Cc1ccc(Cn2cnc(NC(=O)CCn3nc(C(F)(F)F)c(Br)c3C)n2)cc1. The topological polar surface area (TPSA) is 77.6 Å². The van der Waals surface area contributed by atoms with Crippen LogP contribution in [-0.4, -0.2) is 30.5 Å². The summed E-state index contributed by atoms with van der Waals surface area (Å²) in [5.41, 5.74) is 1.48. The van der Waals surface area contributed by atoms with E-state index in [1.165, 1.54) is 13.3 Å². The zero-order valence-corrected chi connectivity index (χ0v) is 17.3. The summed E-state index contributed by atoms with van der Waals surface area (Å²) in [5.74, 6) is -0.283. The first-order chi connectivity index (χ1) is 13.6. The Hall–Kier alpha value is -2.69. The van der Waals surface area contributed by atoms with Crippen LogP contribution in [0.15, 0.2) is 35.1 Å². The van der Waals surface area contributed by atoms with E-state index in [2.05, 4.69) is 36.4 Å². The minimum atomic E-state index is -4.56. The van der Waals surface area contributed by atoms with E-state index >= 15 is 0 Å². The summed E-state index contributed by atoms with van der Waals surface area (Å²) < 4.78 is 41.3. The van der Waals surface area contributed by atoms with E-state index in [0.717, 1.165) is 15.8 Å². The predicted molar refractivity (Wildman–Crippen MR) is 103 cm³/mol.